The lowest BCUT2D eigenvalue weighted by Crippen LogP contribution is -2.30. The van der Waals surface area contributed by atoms with E-state index in [1.165, 1.54) is 47.8 Å². The van der Waals surface area contributed by atoms with Gasteiger partial charge in [0, 0.05) is 18.0 Å². The Morgan fingerprint density at radius 1 is 1.37 bits per heavy atom. The zero-order valence-corrected chi connectivity index (χ0v) is 13.5. The third-order valence-corrected chi connectivity index (χ3v) is 5.41. The van der Waals surface area contributed by atoms with E-state index in [0.717, 1.165) is 6.54 Å². The van der Waals surface area contributed by atoms with Gasteiger partial charge in [-0.05, 0) is 38.6 Å². The van der Waals surface area contributed by atoms with Gasteiger partial charge in [-0.1, -0.05) is 20.8 Å². The highest BCUT2D eigenvalue weighted by Crippen LogP contribution is 2.37. The van der Waals surface area contributed by atoms with Crippen molar-refractivity contribution in [2.45, 2.75) is 65.0 Å². The van der Waals surface area contributed by atoms with Gasteiger partial charge in [0.25, 0.3) is 0 Å². The van der Waals surface area contributed by atoms with Gasteiger partial charge in [0.2, 0.25) is 0 Å². The van der Waals surface area contributed by atoms with E-state index >= 15 is 0 Å². The lowest BCUT2D eigenvalue weighted by molar-refractivity contribution is 0.465. The molecular formula is C15H27N3S. The van der Waals surface area contributed by atoms with E-state index in [9.17, 15) is 0 Å². The van der Waals surface area contributed by atoms with E-state index in [4.69, 9.17) is 4.98 Å². The molecule has 0 saturated heterocycles. The third-order valence-electron chi connectivity index (χ3n) is 4.19. The summed E-state index contributed by atoms with van der Waals surface area (Å²) in [5, 5.41) is 4.79. The van der Waals surface area contributed by atoms with Gasteiger partial charge in [0.1, 0.15) is 0 Å². The minimum atomic E-state index is 0.480. The molecule has 0 spiro atoms. The predicted molar refractivity (Wildman–Crippen MR) is 84.2 cm³/mol. The fourth-order valence-electron chi connectivity index (χ4n) is 2.99. The fraction of sp³-hybridized carbons (Fsp3) is 0.800. The van der Waals surface area contributed by atoms with Crippen LogP contribution in [0.3, 0.4) is 0 Å². The second-order valence-corrected chi connectivity index (χ2v) is 6.45. The van der Waals surface area contributed by atoms with Gasteiger partial charge >= 0.3 is 0 Å². The van der Waals surface area contributed by atoms with Crippen LogP contribution in [-0.2, 0) is 6.42 Å². The second-order valence-electron chi connectivity index (χ2n) is 5.39. The van der Waals surface area contributed by atoms with E-state index < -0.39 is 0 Å². The Morgan fingerprint density at radius 2 is 2.11 bits per heavy atom. The van der Waals surface area contributed by atoms with Gasteiger partial charge in [-0.2, -0.15) is 0 Å². The molecule has 0 aliphatic heterocycles. The van der Waals surface area contributed by atoms with Crippen molar-refractivity contribution in [1.82, 2.24) is 10.3 Å². The van der Waals surface area contributed by atoms with Crippen LogP contribution in [0.4, 0.5) is 5.13 Å². The van der Waals surface area contributed by atoms with Crippen molar-refractivity contribution < 1.29 is 0 Å². The minimum Gasteiger partial charge on any atom is -0.348 e. The monoisotopic (exact) mass is 281 g/mol. The molecule has 0 amide bonds. The Kier molecular flexibility index (Phi) is 5.22. The molecule has 1 unspecified atom stereocenters. The molecule has 0 radical (unpaired) electrons. The van der Waals surface area contributed by atoms with E-state index in [1.54, 1.807) is 0 Å². The first-order valence-electron chi connectivity index (χ1n) is 7.67. The summed E-state index contributed by atoms with van der Waals surface area (Å²) in [6.07, 6.45) is 6.12. The summed E-state index contributed by atoms with van der Waals surface area (Å²) in [5.41, 5.74) is 1.32. The first-order chi connectivity index (χ1) is 9.21. The highest BCUT2D eigenvalue weighted by Gasteiger charge is 2.26. The Bertz CT molecular complexity index is 398. The maximum Gasteiger partial charge on any atom is 0.185 e. The van der Waals surface area contributed by atoms with Gasteiger partial charge in [-0.25, -0.2) is 4.98 Å². The molecule has 108 valence electrons. The molecule has 0 saturated carbocycles. The number of nitrogens with one attached hydrogen (secondary N) is 1. The Labute approximate surface area is 121 Å². The number of aryl methyl sites for hydroxylation is 1. The number of rotatable bonds is 6. The molecule has 1 aliphatic rings. The van der Waals surface area contributed by atoms with Crippen LogP contribution < -0.4 is 10.2 Å². The minimum absolute atomic E-state index is 0.480. The molecule has 4 heteroatoms. The van der Waals surface area contributed by atoms with Crippen molar-refractivity contribution in [3.05, 3.63) is 10.6 Å². The van der Waals surface area contributed by atoms with Crippen molar-refractivity contribution >= 4 is 16.5 Å². The van der Waals surface area contributed by atoms with Crippen LogP contribution >= 0.6 is 11.3 Å². The number of fused-ring (bicyclic) bond motifs is 1. The number of aromatic nitrogens is 1. The zero-order chi connectivity index (χ0) is 13.8. The fourth-order valence-corrected chi connectivity index (χ4v) is 4.19. The lowest BCUT2D eigenvalue weighted by Gasteiger charge is -2.25. The number of anilines is 1. The van der Waals surface area contributed by atoms with E-state index in [0.29, 0.717) is 12.1 Å². The molecule has 2 rings (SSSR count). The summed E-state index contributed by atoms with van der Waals surface area (Å²) >= 11 is 1.91. The van der Waals surface area contributed by atoms with Crippen molar-refractivity contribution in [2.75, 3.05) is 18.5 Å². The second kappa shape index (κ2) is 6.71. The van der Waals surface area contributed by atoms with Crippen molar-refractivity contribution in [3.63, 3.8) is 0 Å². The molecule has 3 nitrogen and oxygen atoms in total. The molecule has 19 heavy (non-hydrogen) atoms. The summed E-state index contributed by atoms with van der Waals surface area (Å²) in [5.74, 6) is 0. The Balaban J connectivity index is 2.20. The average molecular weight is 281 g/mol. The van der Waals surface area contributed by atoms with Gasteiger partial charge < -0.3 is 10.2 Å². The number of thiazole rings is 1. The van der Waals surface area contributed by atoms with Crippen LogP contribution in [0, 0.1) is 0 Å². The van der Waals surface area contributed by atoms with E-state index in [2.05, 4.69) is 38.0 Å². The summed E-state index contributed by atoms with van der Waals surface area (Å²) < 4.78 is 0. The Morgan fingerprint density at radius 3 is 2.74 bits per heavy atom. The van der Waals surface area contributed by atoms with Crippen LogP contribution in [0.2, 0.25) is 0 Å². The summed E-state index contributed by atoms with van der Waals surface area (Å²) in [4.78, 5) is 8.84. The lowest BCUT2D eigenvalue weighted by atomic mass is 9.98. The molecule has 1 aromatic heterocycles. The first-order valence-corrected chi connectivity index (χ1v) is 8.48. The number of hydrogen-bond donors (Lipinski definition) is 1. The number of hydrogen-bond acceptors (Lipinski definition) is 4. The smallest absolute Gasteiger partial charge is 0.185 e. The third kappa shape index (κ3) is 3.11. The summed E-state index contributed by atoms with van der Waals surface area (Å²) in [7, 11) is 2.20. The average Bonchev–Trinajstić information content (AvgIpc) is 2.85. The highest BCUT2D eigenvalue weighted by molar-refractivity contribution is 7.15. The SMILES string of the molecule is CCNC1CCCc2sc(N(C)C(CC)CC)nc21. The largest absolute Gasteiger partial charge is 0.348 e. The van der Waals surface area contributed by atoms with Gasteiger partial charge in [-0.15, -0.1) is 11.3 Å². The highest BCUT2D eigenvalue weighted by atomic mass is 32.1. The zero-order valence-electron chi connectivity index (χ0n) is 12.7. The molecular weight excluding hydrogens is 254 g/mol. The molecule has 1 N–H and O–H groups in total. The molecule has 1 atom stereocenters. The summed E-state index contributed by atoms with van der Waals surface area (Å²) in [6.45, 7) is 7.73. The molecule has 0 bridgehead atoms. The molecule has 1 heterocycles. The van der Waals surface area contributed by atoms with Crippen LogP contribution in [-0.4, -0.2) is 24.6 Å². The molecule has 1 aromatic rings. The predicted octanol–water partition coefficient (Wildman–Crippen LogP) is 3.75. The van der Waals surface area contributed by atoms with Gasteiger partial charge in [-0.3, -0.25) is 0 Å². The van der Waals surface area contributed by atoms with Crippen LogP contribution in [0.1, 0.15) is 63.1 Å². The summed E-state index contributed by atoms with van der Waals surface area (Å²) in [6, 6.07) is 1.10. The van der Waals surface area contributed by atoms with Gasteiger partial charge in [0.05, 0.1) is 11.7 Å². The molecule has 1 aliphatic carbocycles. The maximum absolute atomic E-state index is 4.95. The van der Waals surface area contributed by atoms with Crippen molar-refractivity contribution in [3.8, 4) is 0 Å². The standard InChI is InChI=1S/C15H27N3S/c1-5-11(6-2)18(4)15-17-14-12(16-7-3)9-8-10-13(14)19-15/h11-12,16H,5-10H2,1-4H3. The maximum atomic E-state index is 4.95. The van der Waals surface area contributed by atoms with Crippen molar-refractivity contribution in [1.29, 1.82) is 0 Å². The van der Waals surface area contributed by atoms with Crippen molar-refractivity contribution in [2.24, 2.45) is 0 Å². The Hall–Kier alpha value is -0.610. The number of nitrogens with zero attached hydrogens (tertiary/aromatic N) is 2. The van der Waals surface area contributed by atoms with Crippen LogP contribution in [0.5, 0.6) is 0 Å². The topological polar surface area (TPSA) is 28.2 Å². The van der Waals surface area contributed by atoms with Gasteiger partial charge in [0.15, 0.2) is 5.13 Å². The quantitative estimate of drug-likeness (QED) is 0.860. The molecule has 0 aromatic carbocycles. The molecule has 0 fully saturated rings. The van der Waals surface area contributed by atoms with E-state index in [-0.39, 0.29) is 0 Å². The first kappa shape index (κ1) is 14.8. The normalized spacial score (nSPS) is 18.7. The van der Waals surface area contributed by atoms with E-state index in [1.807, 2.05) is 11.3 Å². The van der Waals surface area contributed by atoms with Crippen LogP contribution in [0.15, 0.2) is 0 Å². The van der Waals surface area contributed by atoms with Crippen LogP contribution in [0.25, 0.3) is 0 Å².